The van der Waals surface area contributed by atoms with Gasteiger partial charge in [-0.15, -0.1) is 0 Å². The highest BCUT2D eigenvalue weighted by Gasteiger charge is 1.97. The normalized spacial score (nSPS) is 10.5. The first kappa shape index (κ1) is 7.26. The van der Waals surface area contributed by atoms with Crippen molar-refractivity contribution in [1.29, 1.82) is 0 Å². The van der Waals surface area contributed by atoms with Gasteiger partial charge in [0, 0.05) is 6.20 Å². The van der Waals surface area contributed by atoms with Crippen molar-refractivity contribution in [3.05, 3.63) is 11.8 Å². The van der Waals surface area contributed by atoms with Crippen molar-refractivity contribution in [2.24, 2.45) is 5.16 Å². The average Bonchev–Trinajstić information content (AvgIpc) is 1.95. The summed E-state index contributed by atoms with van der Waals surface area (Å²) in [5, 5.41) is 10.9. The second-order valence-electron chi connectivity index (χ2n) is 1.81. The van der Waals surface area contributed by atoms with Gasteiger partial charge < -0.3 is 16.7 Å². The standard InChI is InChI=1S/C5H7N5O/c6-4-3(2-9-11)1-8-5(7)10-4/h1-2,11H,(H4,6,7,8,10)/b9-2+. The van der Waals surface area contributed by atoms with E-state index in [2.05, 4.69) is 15.1 Å². The second kappa shape index (κ2) is 2.82. The molecule has 6 heteroatoms. The van der Waals surface area contributed by atoms with Crippen LogP contribution in [0.1, 0.15) is 5.56 Å². The lowest BCUT2D eigenvalue weighted by molar-refractivity contribution is 0.322. The summed E-state index contributed by atoms with van der Waals surface area (Å²) in [7, 11) is 0. The molecule has 0 amide bonds. The molecule has 0 spiro atoms. The zero-order valence-electron chi connectivity index (χ0n) is 5.60. The highest BCUT2D eigenvalue weighted by Crippen LogP contribution is 2.04. The number of nitrogens with zero attached hydrogens (tertiary/aromatic N) is 3. The van der Waals surface area contributed by atoms with Gasteiger partial charge in [-0.05, 0) is 0 Å². The third kappa shape index (κ3) is 1.54. The number of anilines is 2. The van der Waals surface area contributed by atoms with Crippen molar-refractivity contribution >= 4 is 18.0 Å². The van der Waals surface area contributed by atoms with Gasteiger partial charge in [-0.25, -0.2) is 4.98 Å². The molecule has 1 rings (SSSR count). The van der Waals surface area contributed by atoms with Gasteiger partial charge in [0.05, 0.1) is 11.8 Å². The molecule has 0 aliphatic carbocycles. The molecule has 11 heavy (non-hydrogen) atoms. The Hall–Kier alpha value is -1.85. The first-order valence-corrected chi connectivity index (χ1v) is 2.79. The maximum absolute atomic E-state index is 8.14. The van der Waals surface area contributed by atoms with E-state index in [0.29, 0.717) is 5.56 Å². The van der Waals surface area contributed by atoms with E-state index < -0.39 is 0 Å². The fraction of sp³-hybridized carbons (Fsp3) is 0. The Bertz CT molecular complexity index is 284. The summed E-state index contributed by atoms with van der Waals surface area (Å²) in [4.78, 5) is 7.28. The van der Waals surface area contributed by atoms with Crippen molar-refractivity contribution in [3.63, 3.8) is 0 Å². The molecule has 0 radical (unpaired) electrons. The molecule has 1 aromatic rings. The van der Waals surface area contributed by atoms with Gasteiger partial charge in [0.15, 0.2) is 0 Å². The van der Waals surface area contributed by atoms with Gasteiger partial charge in [-0.3, -0.25) is 0 Å². The number of nitrogens with two attached hydrogens (primary N) is 2. The molecule has 5 N–H and O–H groups in total. The fourth-order valence-corrected chi connectivity index (χ4v) is 0.580. The van der Waals surface area contributed by atoms with E-state index >= 15 is 0 Å². The van der Waals surface area contributed by atoms with Gasteiger partial charge in [0.25, 0.3) is 0 Å². The van der Waals surface area contributed by atoms with E-state index in [-0.39, 0.29) is 11.8 Å². The molecule has 0 bridgehead atoms. The predicted molar refractivity (Wildman–Crippen MR) is 40.2 cm³/mol. The first-order valence-electron chi connectivity index (χ1n) is 2.79. The zero-order valence-corrected chi connectivity index (χ0v) is 5.60. The summed E-state index contributed by atoms with van der Waals surface area (Å²) >= 11 is 0. The van der Waals surface area contributed by atoms with E-state index in [9.17, 15) is 0 Å². The minimum Gasteiger partial charge on any atom is -0.411 e. The molecule has 0 aliphatic rings. The Morgan fingerprint density at radius 1 is 1.55 bits per heavy atom. The van der Waals surface area contributed by atoms with Crippen LogP contribution in [0.2, 0.25) is 0 Å². The molecule has 58 valence electrons. The van der Waals surface area contributed by atoms with Crippen LogP contribution in [0.25, 0.3) is 0 Å². The van der Waals surface area contributed by atoms with Gasteiger partial charge >= 0.3 is 0 Å². The van der Waals surface area contributed by atoms with Gasteiger partial charge in [-0.1, -0.05) is 5.16 Å². The molecule has 0 fully saturated rings. The molecule has 0 saturated heterocycles. The zero-order chi connectivity index (χ0) is 8.27. The first-order chi connectivity index (χ1) is 5.24. The molecule has 0 aromatic carbocycles. The topological polar surface area (TPSA) is 110 Å². The van der Waals surface area contributed by atoms with Crippen LogP contribution in [0, 0.1) is 0 Å². The van der Waals surface area contributed by atoms with Gasteiger partial charge in [0.1, 0.15) is 5.82 Å². The van der Waals surface area contributed by atoms with Crippen LogP contribution in [0.5, 0.6) is 0 Å². The quantitative estimate of drug-likeness (QED) is 0.285. The monoisotopic (exact) mass is 153 g/mol. The van der Waals surface area contributed by atoms with Crippen LogP contribution in [0.3, 0.4) is 0 Å². The Morgan fingerprint density at radius 3 is 2.82 bits per heavy atom. The minimum atomic E-state index is 0.0950. The molecule has 0 aliphatic heterocycles. The Kier molecular flexibility index (Phi) is 1.86. The number of hydrogen-bond donors (Lipinski definition) is 3. The molecule has 0 atom stereocenters. The SMILES string of the molecule is Nc1ncc(/C=N/O)c(N)n1. The number of hydrogen-bond acceptors (Lipinski definition) is 6. The summed E-state index contributed by atoms with van der Waals surface area (Å²) in [5.41, 5.74) is 11.0. The highest BCUT2D eigenvalue weighted by molar-refractivity contribution is 5.84. The van der Waals surface area contributed by atoms with Crippen molar-refractivity contribution in [2.45, 2.75) is 0 Å². The van der Waals surface area contributed by atoms with Crippen molar-refractivity contribution in [2.75, 3.05) is 11.5 Å². The Morgan fingerprint density at radius 2 is 2.27 bits per heavy atom. The molecular weight excluding hydrogens is 146 g/mol. The molecular formula is C5H7N5O. The van der Waals surface area contributed by atoms with Gasteiger partial charge in [-0.2, -0.15) is 4.98 Å². The smallest absolute Gasteiger partial charge is 0.221 e. The van der Waals surface area contributed by atoms with Crippen LogP contribution in [0.4, 0.5) is 11.8 Å². The van der Waals surface area contributed by atoms with Crippen LogP contribution >= 0.6 is 0 Å². The van der Waals surface area contributed by atoms with Crippen molar-refractivity contribution in [1.82, 2.24) is 9.97 Å². The summed E-state index contributed by atoms with van der Waals surface area (Å²) in [5.74, 6) is 0.285. The minimum absolute atomic E-state index is 0.0950. The van der Waals surface area contributed by atoms with Crippen LogP contribution in [0.15, 0.2) is 11.4 Å². The fourth-order valence-electron chi connectivity index (χ4n) is 0.580. The maximum atomic E-state index is 8.14. The maximum Gasteiger partial charge on any atom is 0.221 e. The molecule has 0 saturated carbocycles. The average molecular weight is 153 g/mol. The van der Waals surface area contributed by atoms with Crippen LogP contribution < -0.4 is 11.5 Å². The molecule has 6 nitrogen and oxygen atoms in total. The van der Waals surface area contributed by atoms with E-state index in [1.165, 1.54) is 6.20 Å². The van der Waals surface area contributed by atoms with Crippen LogP contribution in [-0.2, 0) is 0 Å². The largest absolute Gasteiger partial charge is 0.411 e. The molecule has 1 aromatic heterocycles. The van der Waals surface area contributed by atoms with Crippen LogP contribution in [-0.4, -0.2) is 21.4 Å². The number of nitrogen functional groups attached to an aromatic ring is 2. The van der Waals surface area contributed by atoms with Crippen molar-refractivity contribution in [3.8, 4) is 0 Å². The Labute approximate surface area is 62.6 Å². The van der Waals surface area contributed by atoms with Gasteiger partial charge in [0.2, 0.25) is 5.95 Å². The molecule has 0 unspecified atom stereocenters. The third-order valence-corrected chi connectivity index (χ3v) is 1.06. The van der Waals surface area contributed by atoms with Crippen molar-refractivity contribution < 1.29 is 5.21 Å². The number of aromatic nitrogens is 2. The van der Waals surface area contributed by atoms with E-state index in [1.807, 2.05) is 0 Å². The summed E-state index contributed by atoms with van der Waals surface area (Å²) in [6.07, 6.45) is 2.51. The number of oxime groups is 1. The number of rotatable bonds is 1. The van der Waals surface area contributed by atoms with E-state index in [0.717, 1.165) is 6.21 Å². The van der Waals surface area contributed by atoms with E-state index in [1.54, 1.807) is 0 Å². The van der Waals surface area contributed by atoms with E-state index in [4.69, 9.17) is 16.7 Å². The Balaban J connectivity index is 3.09. The highest BCUT2D eigenvalue weighted by atomic mass is 16.4. The summed E-state index contributed by atoms with van der Waals surface area (Å²) in [6, 6.07) is 0. The predicted octanol–water partition coefficient (Wildman–Crippen LogP) is -0.551. The lowest BCUT2D eigenvalue weighted by atomic mass is 10.3. The lowest BCUT2D eigenvalue weighted by Crippen LogP contribution is -2.02. The summed E-state index contributed by atoms with van der Waals surface area (Å²) in [6.45, 7) is 0. The second-order valence-corrected chi connectivity index (χ2v) is 1.81. The third-order valence-electron chi connectivity index (χ3n) is 1.06. The molecule has 1 heterocycles. The summed E-state index contributed by atoms with van der Waals surface area (Å²) < 4.78 is 0. The lowest BCUT2D eigenvalue weighted by Gasteiger charge is -1.96.